The van der Waals surface area contributed by atoms with Crippen LogP contribution in [0.4, 0.5) is 0 Å². The Hall–Kier alpha value is -4.32. The highest BCUT2D eigenvalue weighted by atomic mass is 16.6. The molecule has 3 rings (SSSR count). The van der Waals surface area contributed by atoms with E-state index in [1.165, 1.54) is 0 Å². The summed E-state index contributed by atoms with van der Waals surface area (Å²) in [7, 11) is 0. The lowest BCUT2D eigenvalue weighted by molar-refractivity contribution is -0.145. The second kappa shape index (κ2) is 13.7. The monoisotopic (exact) mass is 542 g/mol. The second-order valence-corrected chi connectivity index (χ2v) is 10.2. The third kappa shape index (κ3) is 7.85. The lowest BCUT2D eigenvalue weighted by Crippen LogP contribution is -2.25. The summed E-state index contributed by atoms with van der Waals surface area (Å²) in [6, 6.07) is 26.2. The van der Waals surface area contributed by atoms with Gasteiger partial charge < -0.3 is 18.9 Å². The van der Waals surface area contributed by atoms with Crippen molar-refractivity contribution in [3.63, 3.8) is 0 Å². The smallest absolute Gasteiger partial charge is 0.333 e. The largest absolute Gasteiger partial charge is 0.490 e. The van der Waals surface area contributed by atoms with E-state index in [0.29, 0.717) is 22.6 Å². The number of esters is 2. The van der Waals surface area contributed by atoms with E-state index in [1.54, 1.807) is 27.7 Å². The van der Waals surface area contributed by atoms with Crippen molar-refractivity contribution in [2.75, 3.05) is 13.2 Å². The van der Waals surface area contributed by atoms with Gasteiger partial charge in [-0.3, -0.25) is 0 Å². The van der Waals surface area contributed by atoms with E-state index < -0.39 is 29.6 Å². The third-order valence-corrected chi connectivity index (χ3v) is 6.50. The number of carbonyl (C=O) groups excluding carboxylic acids is 2. The average Bonchev–Trinajstić information content (AvgIpc) is 2.95. The normalized spacial score (nSPS) is 13.7. The molecule has 0 radical (unpaired) electrons. The Labute approximate surface area is 237 Å². The highest BCUT2D eigenvalue weighted by Gasteiger charge is 2.31. The molecule has 0 aliphatic carbocycles. The van der Waals surface area contributed by atoms with Gasteiger partial charge >= 0.3 is 11.9 Å². The second-order valence-electron chi connectivity index (χ2n) is 10.2. The molecule has 210 valence electrons. The molecule has 0 spiro atoms. The fraction of sp³-hybridized carbons (Fsp3) is 0.294. The molecule has 3 aromatic carbocycles. The third-order valence-electron chi connectivity index (χ3n) is 6.50. The molecule has 0 saturated carbocycles. The van der Waals surface area contributed by atoms with E-state index in [4.69, 9.17) is 18.9 Å². The van der Waals surface area contributed by atoms with Crippen LogP contribution in [0, 0.1) is 0 Å². The minimum Gasteiger partial charge on any atom is -0.490 e. The first-order valence-corrected chi connectivity index (χ1v) is 13.3. The minimum absolute atomic E-state index is 0.237. The van der Waals surface area contributed by atoms with Gasteiger partial charge in [-0.2, -0.15) is 0 Å². The van der Waals surface area contributed by atoms with E-state index in [9.17, 15) is 9.59 Å². The highest BCUT2D eigenvalue weighted by Crippen LogP contribution is 2.40. The van der Waals surface area contributed by atoms with E-state index >= 15 is 0 Å². The van der Waals surface area contributed by atoms with Gasteiger partial charge in [0.05, 0.1) is 0 Å². The zero-order chi connectivity index (χ0) is 29.3. The number of rotatable bonds is 13. The Bertz CT molecular complexity index is 1230. The molecule has 0 bridgehead atoms. The van der Waals surface area contributed by atoms with Gasteiger partial charge in [0.1, 0.15) is 36.9 Å². The molecule has 0 N–H and O–H groups in total. The topological polar surface area (TPSA) is 71.1 Å². The molecule has 3 aromatic rings. The summed E-state index contributed by atoms with van der Waals surface area (Å²) in [6.45, 7) is 16.7. The summed E-state index contributed by atoms with van der Waals surface area (Å²) in [6.07, 6.45) is -0.805. The summed E-state index contributed by atoms with van der Waals surface area (Å²) in [4.78, 5) is 23.5. The van der Waals surface area contributed by atoms with Crippen LogP contribution in [0.15, 0.2) is 103 Å². The summed E-state index contributed by atoms with van der Waals surface area (Å²) < 4.78 is 22.3. The number of hydrogen-bond donors (Lipinski definition) is 0. The van der Waals surface area contributed by atoms with Crippen LogP contribution in [0.1, 0.15) is 51.3 Å². The number of carbonyl (C=O) groups is 2. The number of ether oxygens (including phenoxy) is 4. The molecule has 0 aliphatic heterocycles. The molecule has 0 aromatic heterocycles. The Morgan fingerprint density at radius 2 is 1.00 bits per heavy atom. The lowest BCUT2D eigenvalue weighted by Gasteiger charge is -2.32. The van der Waals surface area contributed by atoms with Crippen LogP contribution in [-0.4, -0.2) is 37.4 Å². The van der Waals surface area contributed by atoms with E-state index in [-0.39, 0.29) is 13.2 Å². The zero-order valence-corrected chi connectivity index (χ0v) is 23.9. The SMILES string of the molecule is C=C(C)C(=O)OC(C)COc1ccc(C(C)(c2ccccc2)c2ccc(OCC(C)OC(=O)C(=C)C)cc2)cc1. The van der Waals surface area contributed by atoms with Gasteiger partial charge in [0.2, 0.25) is 0 Å². The first-order valence-electron chi connectivity index (χ1n) is 13.3. The van der Waals surface area contributed by atoms with Crippen LogP contribution in [0.25, 0.3) is 0 Å². The molecule has 0 saturated heterocycles. The van der Waals surface area contributed by atoms with Gasteiger partial charge in [-0.15, -0.1) is 0 Å². The van der Waals surface area contributed by atoms with Crippen LogP contribution in [-0.2, 0) is 24.5 Å². The van der Waals surface area contributed by atoms with Gasteiger partial charge in [-0.1, -0.05) is 67.8 Å². The first kappa shape index (κ1) is 30.2. The van der Waals surface area contributed by atoms with Crippen LogP contribution in [0.2, 0.25) is 0 Å². The predicted octanol–water partition coefficient (Wildman–Crippen LogP) is 6.81. The standard InChI is InChI=1S/C34H38O6/c1-23(2)32(35)39-25(5)21-37-30-17-13-28(14-18-30)34(7,27-11-9-8-10-12-27)29-15-19-31(20-16-29)38-22-26(6)40-33(36)24(3)4/h8-20,25-26H,1,3,21-22H2,2,4-7H3. The maximum absolute atomic E-state index is 11.7. The molecule has 0 amide bonds. The van der Waals surface area contributed by atoms with E-state index in [2.05, 4.69) is 56.5 Å². The van der Waals surface area contributed by atoms with Gasteiger partial charge in [0.15, 0.2) is 0 Å². The molecule has 40 heavy (non-hydrogen) atoms. The van der Waals surface area contributed by atoms with Crippen molar-refractivity contribution in [2.45, 2.75) is 52.2 Å². The van der Waals surface area contributed by atoms with Crippen molar-refractivity contribution in [1.29, 1.82) is 0 Å². The summed E-state index contributed by atoms with van der Waals surface area (Å²) >= 11 is 0. The van der Waals surface area contributed by atoms with Crippen molar-refractivity contribution < 1.29 is 28.5 Å². The first-order chi connectivity index (χ1) is 19.0. The summed E-state index contributed by atoms with van der Waals surface area (Å²) in [5, 5.41) is 0. The van der Waals surface area contributed by atoms with Crippen molar-refractivity contribution in [3.05, 3.63) is 120 Å². The molecule has 0 fully saturated rings. The number of benzene rings is 3. The molecule has 6 nitrogen and oxygen atoms in total. The number of hydrogen-bond acceptors (Lipinski definition) is 6. The van der Waals surface area contributed by atoms with Crippen LogP contribution >= 0.6 is 0 Å². The molecular formula is C34H38O6. The molecule has 2 unspecified atom stereocenters. The summed E-state index contributed by atoms with van der Waals surface area (Å²) in [5.74, 6) is 0.509. The Morgan fingerprint density at radius 3 is 1.35 bits per heavy atom. The zero-order valence-electron chi connectivity index (χ0n) is 23.9. The summed E-state index contributed by atoms with van der Waals surface area (Å²) in [5.41, 5.74) is 3.57. The van der Waals surface area contributed by atoms with Crippen LogP contribution in [0.5, 0.6) is 11.5 Å². The van der Waals surface area contributed by atoms with Crippen LogP contribution < -0.4 is 9.47 Å². The molecular weight excluding hydrogens is 504 g/mol. The maximum Gasteiger partial charge on any atom is 0.333 e. The maximum atomic E-state index is 11.7. The Kier molecular flexibility index (Phi) is 10.3. The predicted molar refractivity (Wildman–Crippen MR) is 157 cm³/mol. The molecule has 2 atom stereocenters. The van der Waals surface area contributed by atoms with Crippen molar-refractivity contribution in [3.8, 4) is 11.5 Å². The fourth-order valence-corrected chi connectivity index (χ4v) is 4.10. The van der Waals surface area contributed by atoms with Gasteiger partial charge in [-0.25, -0.2) is 9.59 Å². The lowest BCUT2D eigenvalue weighted by atomic mass is 9.71. The quantitative estimate of drug-likeness (QED) is 0.134. The molecule has 6 heteroatoms. The van der Waals surface area contributed by atoms with Crippen LogP contribution in [0.3, 0.4) is 0 Å². The van der Waals surface area contributed by atoms with Crippen molar-refractivity contribution in [2.24, 2.45) is 0 Å². The van der Waals surface area contributed by atoms with Gasteiger partial charge in [-0.05, 0) is 75.6 Å². The van der Waals surface area contributed by atoms with E-state index in [1.807, 2.05) is 42.5 Å². The Morgan fingerprint density at radius 1 is 0.650 bits per heavy atom. The fourth-order valence-electron chi connectivity index (χ4n) is 4.10. The molecule has 0 aliphatic rings. The average molecular weight is 543 g/mol. The molecule has 0 heterocycles. The Balaban J connectivity index is 1.76. The van der Waals surface area contributed by atoms with Crippen molar-refractivity contribution >= 4 is 11.9 Å². The minimum atomic E-state index is -0.451. The van der Waals surface area contributed by atoms with E-state index in [0.717, 1.165) is 16.7 Å². The van der Waals surface area contributed by atoms with Crippen molar-refractivity contribution in [1.82, 2.24) is 0 Å². The highest BCUT2D eigenvalue weighted by molar-refractivity contribution is 5.87. The van der Waals surface area contributed by atoms with Gasteiger partial charge in [0.25, 0.3) is 0 Å². The van der Waals surface area contributed by atoms with Gasteiger partial charge in [0, 0.05) is 16.6 Å².